The molecule has 1 unspecified atom stereocenters. The Balaban J connectivity index is 2.10. The number of hydrogen-bond donors (Lipinski definition) is 2. The van der Waals surface area contributed by atoms with E-state index >= 15 is 0 Å². The van der Waals surface area contributed by atoms with E-state index < -0.39 is 11.5 Å². The predicted molar refractivity (Wildman–Crippen MR) is 75.8 cm³/mol. The van der Waals surface area contributed by atoms with E-state index in [0.717, 1.165) is 24.2 Å². The number of anilines is 1. The zero-order valence-corrected chi connectivity index (χ0v) is 11.6. The van der Waals surface area contributed by atoms with Gasteiger partial charge in [0, 0.05) is 18.8 Å². The number of benzene rings is 1. The van der Waals surface area contributed by atoms with Crippen LogP contribution in [0.3, 0.4) is 0 Å². The predicted octanol–water partition coefficient (Wildman–Crippen LogP) is 1.83. The summed E-state index contributed by atoms with van der Waals surface area (Å²) in [6, 6.07) is 7.90. The number of hydrogen-bond acceptors (Lipinski definition) is 3. The molecule has 1 aliphatic rings. The number of carbonyl (C=O) groups is 1. The molecule has 0 bridgehead atoms. The topological polar surface area (TPSA) is 66.6 Å². The second-order valence-electron chi connectivity index (χ2n) is 5.61. The summed E-state index contributed by atoms with van der Waals surface area (Å²) in [4.78, 5) is 13.6. The van der Waals surface area contributed by atoms with E-state index in [2.05, 4.69) is 4.90 Å². The summed E-state index contributed by atoms with van der Waals surface area (Å²) >= 11 is 0. The molecule has 0 saturated carbocycles. The van der Waals surface area contributed by atoms with Crippen LogP contribution in [0, 0.1) is 5.41 Å². The Hall–Kier alpha value is -1.55. The van der Waals surface area contributed by atoms with Crippen LogP contribution in [-0.4, -0.2) is 24.1 Å². The van der Waals surface area contributed by atoms with Crippen molar-refractivity contribution < 1.29 is 9.90 Å². The van der Waals surface area contributed by atoms with Gasteiger partial charge < -0.3 is 15.7 Å². The smallest absolute Gasteiger partial charge is 0.225 e. The van der Waals surface area contributed by atoms with Crippen molar-refractivity contribution in [1.29, 1.82) is 0 Å². The number of nitrogens with two attached hydrogens (primary N) is 1. The molecule has 1 aromatic carbocycles. The molecule has 19 heavy (non-hydrogen) atoms. The van der Waals surface area contributed by atoms with Crippen LogP contribution < -0.4 is 10.6 Å². The molecular weight excluding hydrogens is 240 g/mol. The Morgan fingerprint density at radius 3 is 2.58 bits per heavy atom. The van der Waals surface area contributed by atoms with Crippen molar-refractivity contribution in [3.05, 3.63) is 29.8 Å². The van der Waals surface area contributed by atoms with Gasteiger partial charge in [-0.3, -0.25) is 4.79 Å². The summed E-state index contributed by atoms with van der Waals surface area (Å²) in [5.74, 6) is -0.229. The number of primary amides is 1. The van der Waals surface area contributed by atoms with Gasteiger partial charge >= 0.3 is 0 Å². The Kier molecular flexibility index (Phi) is 3.80. The molecule has 1 heterocycles. The van der Waals surface area contributed by atoms with Crippen LogP contribution in [0.4, 0.5) is 5.69 Å². The molecular formula is C15H22N2O2. The van der Waals surface area contributed by atoms with E-state index in [9.17, 15) is 9.90 Å². The molecule has 104 valence electrons. The molecule has 1 amide bonds. The first kappa shape index (κ1) is 13.9. The highest BCUT2D eigenvalue weighted by molar-refractivity contribution is 5.82. The maximum atomic E-state index is 11.4. The summed E-state index contributed by atoms with van der Waals surface area (Å²) in [6.45, 7) is 5.38. The molecule has 2 rings (SSSR count). The normalized spacial score (nSPS) is 24.5. The van der Waals surface area contributed by atoms with Crippen molar-refractivity contribution in [3.63, 3.8) is 0 Å². The molecule has 4 heteroatoms. The number of amides is 1. The summed E-state index contributed by atoms with van der Waals surface area (Å²) in [5, 5.41) is 9.77. The standard InChI is InChI=1S/C15H22N2O2/c1-3-13(18)11-4-6-12(7-5-11)17-9-8-15(2,10-17)14(16)19/h4-7,13,18H,3,8-10H2,1-2H3,(H2,16,19)/t13-,15?/m1/s1. The van der Waals surface area contributed by atoms with Gasteiger partial charge in [-0.15, -0.1) is 0 Å². The third kappa shape index (κ3) is 2.73. The van der Waals surface area contributed by atoms with Crippen LogP contribution in [0.5, 0.6) is 0 Å². The first-order chi connectivity index (χ1) is 8.96. The zero-order chi connectivity index (χ0) is 14.0. The SMILES string of the molecule is CC[C@@H](O)c1ccc(N2CCC(C)(C(N)=O)C2)cc1. The average molecular weight is 262 g/mol. The zero-order valence-electron chi connectivity index (χ0n) is 11.6. The minimum atomic E-state index is -0.429. The number of carbonyl (C=O) groups excluding carboxylic acids is 1. The number of nitrogens with zero attached hydrogens (tertiary/aromatic N) is 1. The Morgan fingerprint density at radius 2 is 2.11 bits per heavy atom. The second kappa shape index (κ2) is 5.21. The molecule has 1 aromatic rings. The summed E-state index contributed by atoms with van der Waals surface area (Å²) in [5.41, 5.74) is 7.04. The monoisotopic (exact) mass is 262 g/mol. The van der Waals surface area contributed by atoms with Crippen LogP contribution in [0.2, 0.25) is 0 Å². The number of aliphatic hydroxyl groups is 1. The van der Waals surface area contributed by atoms with Crippen LogP contribution >= 0.6 is 0 Å². The van der Waals surface area contributed by atoms with E-state index in [4.69, 9.17) is 5.73 Å². The number of aliphatic hydroxyl groups excluding tert-OH is 1. The highest BCUT2D eigenvalue weighted by Gasteiger charge is 2.38. The molecule has 0 spiro atoms. The molecule has 1 aliphatic heterocycles. The molecule has 2 atom stereocenters. The molecule has 3 N–H and O–H groups in total. The maximum absolute atomic E-state index is 11.4. The lowest BCUT2D eigenvalue weighted by molar-refractivity contribution is -0.125. The Labute approximate surface area is 114 Å². The fourth-order valence-corrected chi connectivity index (χ4v) is 2.53. The Morgan fingerprint density at radius 1 is 1.47 bits per heavy atom. The quantitative estimate of drug-likeness (QED) is 0.870. The van der Waals surface area contributed by atoms with Crippen LogP contribution in [0.1, 0.15) is 38.4 Å². The Bertz CT molecular complexity index is 458. The highest BCUT2D eigenvalue weighted by Crippen LogP contribution is 2.33. The van der Waals surface area contributed by atoms with Crippen molar-refractivity contribution in [2.45, 2.75) is 32.8 Å². The summed E-state index contributed by atoms with van der Waals surface area (Å²) in [7, 11) is 0. The first-order valence-electron chi connectivity index (χ1n) is 6.79. The van der Waals surface area contributed by atoms with Gasteiger partial charge in [-0.25, -0.2) is 0 Å². The van der Waals surface area contributed by atoms with Crippen molar-refractivity contribution in [3.8, 4) is 0 Å². The summed E-state index contributed by atoms with van der Waals surface area (Å²) < 4.78 is 0. The van der Waals surface area contributed by atoms with E-state index in [1.807, 2.05) is 38.1 Å². The molecule has 1 saturated heterocycles. The van der Waals surface area contributed by atoms with E-state index in [-0.39, 0.29) is 5.91 Å². The fraction of sp³-hybridized carbons (Fsp3) is 0.533. The minimum Gasteiger partial charge on any atom is -0.388 e. The molecule has 0 aromatic heterocycles. The van der Waals surface area contributed by atoms with Gasteiger partial charge in [-0.05, 0) is 37.5 Å². The van der Waals surface area contributed by atoms with Crippen molar-refractivity contribution >= 4 is 11.6 Å². The number of rotatable bonds is 4. The van der Waals surface area contributed by atoms with Crippen LogP contribution in [0.25, 0.3) is 0 Å². The van der Waals surface area contributed by atoms with Gasteiger partial charge in [0.25, 0.3) is 0 Å². The molecule has 0 radical (unpaired) electrons. The van der Waals surface area contributed by atoms with Gasteiger partial charge in [0.2, 0.25) is 5.91 Å². The average Bonchev–Trinajstić information content (AvgIpc) is 2.82. The third-order valence-electron chi connectivity index (χ3n) is 4.10. The van der Waals surface area contributed by atoms with Gasteiger partial charge in [-0.1, -0.05) is 19.1 Å². The van der Waals surface area contributed by atoms with Gasteiger partial charge in [0.05, 0.1) is 11.5 Å². The second-order valence-corrected chi connectivity index (χ2v) is 5.61. The van der Waals surface area contributed by atoms with Gasteiger partial charge in [-0.2, -0.15) is 0 Å². The van der Waals surface area contributed by atoms with E-state index in [1.165, 1.54) is 0 Å². The largest absolute Gasteiger partial charge is 0.388 e. The molecule has 0 aliphatic carbocycles. The van der Waals surface area contributed by atoms with E-state index in [1.54, 1.807) is 0 Å². The van der Waals surface area contributed by atoms with Gasteiger partial charge in [0.1, 0.15) is 0 Å². The van der Waals surface area contributed by atoms with Gasteiger partial charge in [0.15, 0.2) is 0 Å². The molecule has 4 nitrogen and oxygen atoms in total. The summed E-state index contributed by atoms with van der Waals surface area (Å²) in [6.07, 6.45) is 1.10. The molecule has 1 fully saturated rings. The lowest BCUT2D eigenvalue weighted by Gasteiger charge is -2.23. The van der Waals surface area contributed by atoms with Crippen molar-refractivity contribution in [1.82, 2.24) is 0 Å². The first-order valence-corrected chi connectivity index (χ1v) is 6.79. The minimum absolute atomic E-state index is 0.229. The van der Waals surface area contributed by atoms with Crippen molar-refractivity contribution in [2.75, 3.05) is 18.0 Å². The maximum Gasteiger partial charge on any atom is 0.225 e. The third-order valence-corrected chi connectivity index (χ3v) is 4.10. The highest BCUT2D eigenvalue weighted by atomic mass is 16.3. The van der Waals surface area contributed by atoms with Crippen LogP contribution in [0.15, 0.2) is 24.3 Å². The van der Waals surface area contributed by atoms with Crippen molar-refractivity contribution in [2.24, 2.45) is 11.1 Å². The lowest BCUT2D eigenvalue weighted by Crippen LogP contribution is -2.37. The lowest BCUT2D eigenvalue weighted by atomic mass is 9.89. The fourth-order valence-electron chi connectivity index (χ4n) is 2.53. The van der Waals surface area contributed by atoms with Crippen LogP contribution in [-0.2, 0) is 4.79 Å². The van der Waals surface area contributed by atoms with E-state index in [0.29, 0.717) is 13.0 Å².